The second-order valence-electron chi connectivity index (χ2n) is 6.82. The summed E-state index contributed by atoms with van der Waals surface area (Å²) >= 11 is 0. The molecule has 3 N–H and O–H groups in total. The van der Waals surface area contributed by atoms with E-state index in [4.69, 9.17) is 8.85 Å². The molecular weight excluding hydrogens is 402 g/mol. The number of nitrogens with one attached hydrogen (secondary N) is 3. The zero-order valence-corrected chi connectivity index (χ0v) is 16.7. The lowest BCUT2D eigenvalue weighted by molar-refractivity contribution is -0.117. The fourth-order valence-electron chi connectivity index (χ4n) is 2.86. The molecule has 0 aromatic carbocycles. The van der Waals surface area contributed by atoms with Crippen molar-refractivity contribution in [1.82, 2.24) is 35.3 Å². The van der Waals surface area contributed by atoms with Crippen LogP contribution in [0.2, 0.25) is 0 Å². The molecule has 3 aromatic heterocycles. The molecule has 31 heavy (non-hydrogen) atoms. The quantitative estimate of drug-likeness (QED) is 0.505. The summed E-state index contributed by atoms with van der Waals surface area (Å²) in [6, 6.07) is 3.03. The second-order valence-corrected chi connectivity index (χ2v) is 6.82. The third-order valence-corrected chi connectivity index (χ3v) is 4.52. The number of ether oxygens (including phenoxy) is 1. The summed E-state index contributed by atoms with van der Waals surface area (Å²) in [6.07, 6.45) is 4.60. The van der Waals surface area contributed by atoms with Crippen LogP contribution in [-0.2, 0) is 11.8 Å². The van der Waals surface area contributed by atoms with Gasteiger partial charge in [0.05, 0.1) is 18.4 Å². The molecule has 1 saturated carbocycles. The van der Waals surface area contributed by atoms with Crippen molar-refractivity contribution in [1.29, 1.82) is 0 Å². The van der Waals surface area contributed by atoms with E-state index in [1.165, 1.54) is 30.4 Å². The van der Waals surface area contributed by atoms with Crippen LogP contribution in [0.4, 0.5) is 17.3 Å². The third-order valence-electron chi connectivity index (χ3n) is 4.52. The average Bonchev–Trinajstić information content (AvgIpc) is 3.53. The first kappa shape index (κ1) is 16.7. The van der Waals surface area contributed by atoms with Gasteiger partial charge in [-0.3, -0.25) is 14.3 Å². The van der Waals surface area contributed by atoms with Gasteiger partial charge in [0.15, 0.2) is 28.9 Å². The molecule has 1 aliphatic carbocycles. The summed E-state index contributed by atoms with van der Waals surface area (Å²) in [5.74, 6) is -0.350. The molecule has 1 aliphatic rings. The molecule has 12 nitrogen and oxygen atoms in total. The Balaban J connectivity index is 1.72. The number of anilines is 3. The van der Waals surface area contributed by atoms with E-state index in [-0.39, 0.29) is 40.6 Å². The van der Waals surface area contributed by atoms with E-state index in [0.717, 1.165) is 12.8 Å². The van der Waals surface area contributed by atoms with E-state index in [1.54, 1.807) is 13.1 Å². The predicted octanol–water partition coefficient (Wildman–Crippen LogP) is 1.13. The molecule has 0 radical (unpaired) electrons. The van der Waals surface area contributed by atoms with Gasteiger partial charge in [0.1, 0.15) is 6.33 Å². The number of hydrogen-bond donors (Lipinski definition) is 3. The van der Waals surface area contributed by atoms with Crippen LogP contribution in [0.15, 0.2) is 24.7 Å². The Kier molecular flexibility index (Phi) is 4.49. The Morgan fingerprint density at radius 1 is 1.29 bits per heavy atom. The van der Waals surface area contributed by atoms with E-state index in [1.807, 2.05) is 5.32 Å². The molecule has 0 aliphatic heterocycles. The van der Waals surface area contributed by atoms with Gasteiger partial charge in [-0.05, 0) is 18.9 Å². The molecule has 0 saturated heterocycles. The highest BCUT2D eigenvalue weighted by Gasteiger charge is 2.30. The number of nitrogens with zero attached hydrogens (tertiary/aromatic N) is 6. The minimum absolute atomic E-state index is 0.0553. The van der Waals surface area contributed by atoms with Crippen molar-refractivity contribution in [3.8, 4) is 17.1 Å². The average molecular weight is 426 g/mol. The summed E-state index contributed by atoms with van der Waals surface area (Å²) in [7, 11) is 3.15. The van der Waals surface area contributed by atoms with Crippen molar-refractivity contribution in [3.05, 3.63) is 30.4 Å². The first-order chi connectivity index (χ1) is 16.1. The highest BCUT2D eigenvalue weighted by atomic mass is 16.5. The van der Waals surface area contributed by atoms with Gasteiger partial charge in [-0.2, -0.15) is 5.10 Å². The number of carbonyl (C=O) groups excluding carboxylic acids is 2. The van der Waals surface area contributed by atoms with Gasteiger partial charge in [-0.25, -0.2) is 9.97 Å². The van der Waals surface area contributed by atoms with Crippen LogP contribution in [0, 0.1) is 5.92 Å². The molecule has 1 fully saturated rings. The molecule has 0 atom stereocenters. The molecule has 4 rings (SSSR count). The van der Waals surface area contributed by atoms with Crippen LogP contribution >= 0.6 is 0 Å². The first-order valence-electron chi connectivity index (χ1n) is 10.8. The SMILES string of the molecule is [2H]C([2H])([2H])NC(=O)c1nnc(NC(=O)C2CC2)cc1Nc1nccc(-c2ncn(C)n2)c1OC. The van der Waals surface area contributed by atoms with E-state index >= 15 is 0 Å². The maximum absolute atomic E-state index is 12.6. The van der Waals surface area contributed by atoms with Crippen molar-refractivity contribution in [3.63, 3.8) is 0 Å². The number of amides is 2. The number of aromatic nitrogens is 6. The minimum atomic E-state index is -2.74. The Morgan fingerprint density at radius 3 is 2.81 bits per heavy atom. The molecule has 160 valence electrons. The highest BCUT2D eigenvalue weighted by Crippen LogP contribution is 2.35. The molecule has 3 aromatic rings. The van der Waals surface area contributed by atoms with Gasteiger partial charge >= 0.3 is 0 Å². The van der Waals surface area contributed by atoms with E-state index in [2.05, 4.69) is 35.9 Å². The summed E-state index contributed by atoms with van der Waals surface area (Å²) < 4.78 is 29.0. The Bertz CT molecular complexity index is 1240. The second kappa shape index (κ2) is 8.34. The Morgan fingerprint density at radius 2 is 2.13 bits per heavy atom. The number of pyridine rings is 1. The van der Waals surface area contributed by atoms with Gasteiger partial charge in [-0.15, -0.1) is 10.2 Å². The maximum atomic E-state index is 12.6. The molecule has 3 heterocycles. The predicted molar refractivity (Wildman–Crippen MR) is 111 cm³/mol. The highest BCUT2D eigenvalue weighted by molar-refractivity contribution is 5.99. The van der Waals surface area contributed by atoms with Crippen LogP contribution in [0.25, 0.3) is 11.4 Å². The standard InChI is InChI=1S/C19H21N9O3/c1-20-19(30)14-12(8-13(25-26-14)24-18(29)10-4-5-10)23-17-15(31-3)11(6-7-21-17)16-22-9-28(2)27-16/h6-10H,4-5H2,1-3H3,(H,20,30)(H2,21,23,24,25,29)/i1D3. The van der Waals surface area contributed by atoms with Crippen molar-refractivity contribution >= 4 is 29.1 Å². The molecule has 0 spiro atoms. The largest absolute Gasteiger partial charge is 0.492 e. The number of hydrogen-bond acceptors (Lipinski definition) is 9. The normalized spacial score (nSPS) is 14.7. The fourth-order valence-corrected chi connectivity index (χ4v) is 2.86. The van der Waals surface area contributed by atoms with Crippen LogP contribution < -0.4 is 20.7 Å². The lowest BCUT2D eigenvalue weighted by Gasteiger charge is -2.15. The third kappa shape index (κ3) is 4.27. The lowest BCUT2D eigenvalue weighted by Crippen LogP contribution is -2.22. The molecular formula is C19H21N9O3. The molecule has 0 unspecified atom stereocenters. The summed E-state index contributed by atoms with van der Waals surface area (Å²) in [6.45, 7) is -2.74. The fraction of sp³-hybridized carbons (Fsp3) is 0.316. The molecule has 0 bridgehead atoms. The van der Waals surface area contributed by atoms with E-state index < -0.39 is 12.9 Å². The zero-order chi connectivity index (χ0) is 24.5. The van der Waals surface area contributed by atoms with Gasteiger partial charge in [-0.1, -0.05) is 0 Å². The first-order valence-corrected chi connectivity index (χ1v) is 9.31. The number of rotatable bonds is 7. The molecule has 2 amide bonds. The summed E-state index contributed by atoms with van der Waals surface area (Å²) in [4.78, 5) is 33.2. The minimum Gasteiger partial charge on any atom is -0.492 e. The van der Waals surface area contributed by atoms with Gasteiger partial charge in [0.2, 0.25) is 5.91 Å². The van der Waals surface area contributed by atoms with Crippen LogP contribution in [0.5, 0.6) is 5.75 Å². The summed E-state index contributed by atoms with van der Waals surface area (Å²) in [5.41, 5.74) is 0.268. The topological polar surface area (TPSA) is 149 Å². The zero-order valence-electron chi connectivity index (χ0n) is 19.7. The van der Waals surface area contributed by atoms with E-state index in [0.29, 0.717) is 11.4 Å². The van der Waals surface area contributed by atoms with Crippen molar-refractivity contribution in [2.24, 2.45) is 13.0 Å². The monoisotopic (exact) mass is 426 g/mol. The number of carbonyl (C=O) groups is 2. The Labute approximate surface area is 181 Å². The van der Waals surface area contributed by atoms with Crippen molar-refractivity contribution in [2.75, 3.05) is 24.7 Å². The lowest BCUT2D eigenvalue weighted by atomic mass is 10.2. The summed E-state index contributed by atoms with van der Waals surface area (Å²) in [5, 5.41) is 19.4. The van der Waals surface area contributed by atoms with E-state index in [9.17, 15) is 9.59 Å². The van der Waals surface area contributed by atoms with Crippen molar-refractivity contribution in [2.45, 2.75) is 12.8 Å². The Hall–Kier alpha value is -4.09. The van der Waals surface area contributed by atoms with Gasteiger partial charge in [0.25, 0.3) is 5.91 Å². The van der Waals surface area contributed by atoms with Crippen LogP contribution in [-0.4, -0.2) is 55.8 Å². The smallest absolute Gasteiger partial charge is 0.273 e. The van der Waals surface area contributed by atoms with Crippen molar-refractivity contribution < 1.29 is 18.4 Å². The number of methoxy groups -OCH3 is 1. The maximum Gasteiger partial charge on any atom is 0.273 e. The van der Waals surface area contributed by atoms with Gasteiger partial charge in [0, 0.05) is 36.3 Å². The van der Waals surface area contributed by atoms with Gasteiger partial charge < -0.3 is 20.7 Å². The molecule has 12 heteroatoms. The van der Waals surface area contributed by atoms with Crippen LogP contribution in [0.3, 0.4) is 0 Å². The number of aryl methyl sites for hydroxylation is 1. The van der Waals surface area contributed by atoms with Crippen LogP contribution in [0.1, 0.15) is 27.4 Å².